The fraction of sp³-hybridized carbons (Fsp3) is 1.00. The van der Waals surface area contributed by atoms with Crippen LogP contribution in [0.4, 0.5) is 26.3 Å². The van der Waals surface area contributed by atoms with Gasteiger partial charge in [0.2, 0.25) is 0 Å². The summed E-state index contributed by atoms with van der Waals surface area (Å²) < 4.78 is 87.7. The normalized spacial score (nSPS) is 30.8. The molecule has 7 heterocycles. The molecule has 514 valence electrons. The van der Waals surface area contributed by atoms with Crippen LogP contribution in [0.3, 0.4) is 0 Å². The number of hydrogen-bond acceptors (Lipinski definition) is 8. The molecule has 10 fully saturated rings. The molecule has 0 bridgehead atoms. The van der Waals surface area contributed by atoms with Gasteiger partial charge < -0.3 is 9.47 Å². The number of nitrogens with zero attached hydrogens (tertiary/aromatic N) is 6. The third-order valence-electron chi connectivity index (χ3n) is 23.2. The molecule has 87 heavy (non-hydrogen) atoms. The zero-order valence-electron chi connectivity index (χ0n) is 60.6. The number of hydrogen-bond donors (Lipinski definition) is 0. The molecular weight excluding hydrogens is 1110 g/mol. The number of halogens is 6. The summed E-state index contributed by atoms with van der Waals surface area (Å²) in [4.78, 5) is 14.4. The van der Waals surface area contributed by atoms with E-state index in [0.717, 1.165) is 96.4 Å². The summed E-state index contributed by atoms with van der Waals surface area (Å²) in [5.41, 5.74) is 2.25. The predicted molar refractivity (Wildman–Crippen MR) is 353 cm³/mol. The summed E-state index contributed by atoms with van der Waals surface area (Å²) in [5.74, 6) is 2.33. The summed E-state index contributed by atoms with van der Waals surface area (Å²) >= 11 is 0. The van der Waals surface area contributed by atoms with E-state index in [1.807, 2.05) is 60.3 Å². The van der Waals surface area contributed by atoms with E-state index < -0.39 is 24.3 Å². The van der Waals surface area contributed by atoms with Crippen LogP contribution in [0.25, 0.3) is 0 Å². The summed E-state index contributed by atoms with van der Waals surface area (Å²) in [6.45, 7) is 59.9. The Labute approximate surface area is 532 Å². The van der Waals surface area contributed by atoms with Crippen LogP contribution in [-0.4, -0.2) is 172 Å². The maximum Gasteiger partial charge on any atom is 0.404 e. The molecular formula is C73H138F6N6O2. The van der Waals surface area contributed by atoms with Crippen LogP contribution < -0.4 is 0 Å². The highest BCUT2D eigenvalue weighted by molar-refractivity contribution is 5.07. The molecule has 0 amide bonds. The lowest BCUT2D eigenvalue weighted by Crippen LogP contribution is -2.49. The van der Waals surface area contributed by atoms with Gasteiger partial charge >= 0.3 is 12.4 Å². The third-order valence-corrected chi connectivity index (χ3v) is 23.2. The standard InChI is InChI=1S/C14H27N.C13H25N.C12H23NO2.C12H23N.2C11H20F3N/c1-11(2)13-9-14(7-5-6-8-14)10-15(13)12(3)4;1-10(2)12-8-13(6-5-7-13)9-14(12)11(3)4;1-9(2)11-7-12(14-5-6-15-12)8-13(11)10(3)4;1-9(2)11-7-12(5-6-12)8-13(11)10(3)4;1-7(2)10-5-9(11(12,13)14)6-15(10)8(3)4;1-7(2)9-5-6-10(11(12,13)14)15(9)8(3)4/h11-13H,5-10H2,1-4H3;10-12H,5-9H2,1-4H3;9-11H,5-8H2,1-4H3;9-11H,5-8H2,1-4H3;2*7-10H,5-6H2,1-4H3. The summed E-state index contributed by atoms with van der Waals surface area (Å²) in [5, 5.41) is 0. The van der Waals surface area contributed by atoms with Crippen molar-refractivity contribution in [2.75, 3.05) is 45.9 Å². The lowest BCUT2D eigenvalue weighted by atomic mass is 9.67. The largest absolute Gasteiger partial charge is 0.404 e. The Morgan fingerprint density at radius 3 is 0.931 bits per heavy atom. The molecule has 3 saturated carbocycles. The second kappa shape index (κ2) is 31.7. The van der Waals surface area contributed by atoms with Crippen LogP contribution in [0.5, 0.6) is 0 Å². The Morgan fingerprint density at radius 2 is 0.678 bits per heavy atom. The summed E-state index contributed by atoms with van der Waals surface area (Å²) in [6.07, 6.45) is 12.0. The number of ether oxygens (including phenoxy) is 2. The van der Waals surface area contributed by atoms with Gasteiger partial charge in [-0.1, -0.05) is 102 Å². The van der Waals surface area contributed by atoms with Crippen molar-refractivity contribution >= 4 is 0 Å². The van der Waals surface area contributed by atoms with Gasteiger partial charge in [-0.25, -0.2) is 0 Å². The molecule has 0 aromatic heterocycles. The average Bonchev–Trinajstić information content (AvgIpc) is 1.69. The van der Waals surface area contributed by atoms with E-state index in [1.54, 1.807) is 4.90 Å². The topological polar surface area (TPSA) is 37.9 Å². The first-order valence-corrected chi connectivity index (χ1v) is 36.1. The minimum atomic E-state index is -4.08. The Kier molecular flexibility index (Phi) is 28.0. The van der Waals surface area contributed by atoms with E-state index in [1.165, 1.54) is 96.7 Å². The Bertz CT molecular complexity index is 1840. The van der Waals surface area contributed by atoms with Crippen LogP contribution in [0.2, 0.25) is 0 Å². The van der Waals surface area contributed by atoms with Crippen molar-refractivity contribution in [3.05, 3.63) is 0 Å². The van der Waals surface area contributed by atoms with Gasteiger partial charge in [-0.2, -0.15) is 26.3 Å². The maximum atomic E-state index is 12.8. The van der Waals surface area contributed by atoms with Gasteiger partial charge in [0.05, 0.1) is 25.7 Å². The fourth-order valence-electron chi connectivity index (χ4n) is 17.8. The molecule has 8 atom stereocenters. The van der Waals surface area contributed by atoms with Gasteiger partial charge in [0, 0.05) is 105 Å². The molecule has 0 aromatic carbocycles. The first-order chi connectivity index (χ1) is 40.1. The van der Waals surface area contributed by atoms with E-state index in [-0.39, 0.29) is 49.3 Å². The molecule has 8 unspecified atom stereocenters. The van der Waals surface area contributed by atoms with Crippen LogP contribution in [-0.2, 0) is 9.47 Å². The highest BCUT2D eigenvalue weighted by Crippen LogP contribution is 2.57. The SMILES string of the molecule is CC(C)C1CC(C(F)(F)F)CN1C(C)C.CC(C)C1CC2(CC2)CN1C(C)C.CC(C)C1CC2(CCC2)CN1C(C)C.CC(C)C1CC2(CCCC2)CN1C(C)C.CC(C)C1CC2(CN1C(C)C)OCCO2.CC(C)C1CCC(C(F)(F)F)N1C(C)C. The van der Waals surface area contributed by atoms with Gasteiger partial charge in [-0.15, -0.1) is 0 Å². The van der Waals surface area contributed by atoms with E-state index in [0.29, 0.717) is 36.3 Å². The van der Waals surface area contributed by atoms with E-state index in [9.17, 15) is 26.3 Å². The summed E-state index contributed by atoms with van der Waals surface area (Å²) in [6, 6.07) is 5.05. The highest BCUT2D eigenvalue weighted by Gasteiger charge is 2.55. The number of likely N-dealkylation sites (tertiary alicyclic amines) is 6. The minimum Gasteiger partial charge on any atom is -0.346 e. The van der Waals surface area contributed by atoms with Gasteiger partial charge in [-0.3, -0.25) is 29.4 Å². The smallest absolute Gasteiger partial charge is 0.346 e. The van der Waals surface area contributed by atoms with Gasteiger partial charge in [0.1, 0.15) is 6.04 Å². The quantitative estimate of drug-likeness (QED) is 0.179. The molecule has 7 saturated heterocycles. The second-order valence-electron chi connectivity index (χ2n) is 33.9. The molecule has 0 N–H and O–H groups in total. The maximum absolute atomic E-state index is 12.8. The molecule has 3 aliphatic carbocycles. The van der Waals surface area contributed by atoms with Gasteiger partial charge in [0.15, 0.2) is 5.79 Å². The molecule has 10 rings (SSSR count). The molecule has 7 aliphatic heterocycles. The monoisotopic (exact) mass is 1250 g/mol. The van der Waals surface area contributed by atoms with Crippen molar-refractivity contribution in [1.82, 2.24) is 29.4 Å². The van der Waals surface area contributed by atoms with Gasteiger partial charge in [0.25, 0.3) is 0 Å². The molecule has 0 aromatic rings. The number of rotatable bonds is 12. The van der Waals surface area contributed by atoms with Crippen molar-refractivity contribution in [3.63, 3.8) is 0 Å². The van der Waals surface area contributed by atoms with Crippen molar-refractivity contribution in [1.29, 1.82) is 0 Å². The highest BCUT2D eigenvalue weighted by atomic mass is 19.4. The third kappa shape index (κ3) is 20.2. The van der Waals surface area contributed by atoms with Crippen LogP contribution in [0, 0.1) is 57.7 Å². The number of alkyl halides is 6. The van der Waals surface area contributed by atoms with Crippen molar-refractivity contribution in [3.8, 4) is 0 Å². The average molecular weight is 1250 g/mol. The Hall–Kier alpha value is -0.740. The first-order valence-electron chi connectivity index (χ1n) is 36.1. The Morgan fingerprint density at radius 1 is 0.345 bits per heavy atom. The van der Waals surface area contributed by atoms with E-state index >= 15 is 0 Å². The molecule has 8 nitrogen and oxygen atoms in total. The zero-order valence-corrected chi connectivity index (χ0v) is 60.6. The summed E-state index contributed by atoms with van der Waals surface area (Å²) in [7, 11) is 0. The fourth-order valence-corrected chi connectivity index (χ4v) is 17.8. The van der Waals surface area contributed by atoms with Crippen molar-refractivity contribution in [2.45, 2.75) is 366 Å². The molecule has 10 aliphatic rings. The molecule has 0 radical (unpaired) electrons. The van der Waals surface area contributed by atoms with Gasteiger partial charge in [-0.05, 0) is 212 Å². The van der Waals surface area contributed by atoms with Crippen LogP contribution >= 0.6 is 0 Å². The predicted octanol–water partition coefficient (Wildman–Crippen LogP) is 18.5. The second-order valence-corrected chi connectivity index (χ2v) is 33.9. The van der Waals surface area contributed by atoms with Crippen molar-refractivity contribution < 1.29 is 35.8 Å². The zero-order chi connectivity index (χ0) is 65.7. The molecule has 4 spiro atoms. The first kappa shape index (κ1) is 77.0. The van der Waals surface area contributed by atoms with E-state index in [2.05, 4.69) is 130 Å². The van der Waals surface area contributed by atoms with Crippen molar-refractivity contribution in [2.24, 2.45) is 57.7 Å². The van der Waals surface area contributed by atoms with E-state index in [4.69, 9.17) is 9.47 Å². The molecule has 14 heteroatoms. The van der Waals surface area contributed by atoms with Crippen LogP contribution in [0.1, 0.15) is 269 Å². The minimum absolute atomic E-state index is 0.0356. The lowest BCUT2D eigenvalue weighted by molar-refractivity contribution is -0.184. The lowest BCUT2D eigenvalue weighted by Gasteiger charge is -2.38. The Balaban J connectivity index is 0.000000190. The van der Waals surface area contributed by atoms with Crippen LogP contribution in [0.15, 0.2) is 0 Å².